The van der Waals surface area contributed by atoms with E-state index in [4.69, 9.17) is 4.18 Å². The molecule has 0 aliphatic carbocycles. The highest BCUT2D eigenvalue weighted by molar-refractivity contribution is 7.80. The van der Waals surface area contributed by atoms with Crippen molar-refractivity contribution in [3.05, 3.63) is 0 Å². The highest BCUT2D eigenvalue weighted by Crippen LogP contribution is 2.10. The van der Waals surface area contributed by atoms with Crippen LogP contribution in [0.3, 0.4) is 0 Å². The first-order valence-electron chi connectivity index (χ1n) is 2.80. The van der Waals surface area contributed by atoms with Gasteiger partial charge >= 0.3 is 0 Å². The summed E-state index contributed by atoms with van der Waals surface area (Å²) in [5.74, 6) is 1.31. The predicted octanol–water partition coefficient (Wildman–Crippen LogP) is 0.707. The van der Waals surface area contributed by atoms with Gasteiger partial charge < -0.3 is 0 Å². The molecule has 0 bridgehead atoms. The SMILES string of the molecule is C[C@H]1CCOS(=O)C1. The minimum absolute atomic E-state index is 0.588. The molecule has 0 saturated carbocycles. The molecule has 2 atom stereocenters. The summed E-state index contributed by atoms with van der Waals surface area (Å²) >= 11 is -0.970. The van der Waals surface area contributed by atoms with Crippen LogP contribution in [0, 0.1) is 5.92 Å². The largest absolute Gasteiger partial charge is 0.291 e. The average Bonchev–Trinajstić information content (AvgIpc) is 1.64. The third-order valence-electron chi connectivity index (χ3n) is 1.25. The number of hydrogen-bond acceptors (Lipinski definition) is 2. The van der Waals surface area contributed by atoms with Crippen molar-refractivity contribution in [3.63, 3.8) is 0 Å². The quantitative estimate of drug-likeness (QED) is 0.487. The van der Waals surface area contributed by atoms with Crippen LogP contribution in [-0.4, -0.2) is 16.6 Å². The van der Waals surface area contributed by atoms with Crippen molar-refractivity contribution < 1.29 is 8.39 Å². The molecule has 0 radical (unpaired) electrons. The van der Waals surface area contributed by atoms with E-state index in [-0.39, 0.29) is 0 Å². The Morgan fingerprint density at radius 2 is 2.50 bits per heavy atom. The first-order chi connectivity index (χ1) is 3.79. The zero-order valence-electron chi connectivity index (χ0n) is 4.92. The van der Waals surface area contributed by atoms with E-state index in [1.54, 1.807) is 0 Å². The van der Waals surface area contributed by atoms with Gasteiger partial charge in [-0.2, -0.15) is 0 Å². The van der Waals surface area contributed by atoms with Crippen molar-refractivity contribution in [2.75, 3.05) is 12.4 Å². The maximum absolute atomic E-state index is 10.6. The van der Waals surface area contributed by atoms with Gasteiger partial charge in [0.05, 0.1) is 12.4 Å². The molecule has 3 heteroatoms. The molecule has 1 unspecified atom stereocenters. The van der Waals surface area contributed by atoms with Gasteiger partial charge in [-0.25, -0.2) is 4.21 Å². The van der Waals surface area contributed by atoms with E-state index in [9.17, 15) is 4.21 Å². The second-order valence-electron chi connectivity index (χ2n) is 2.19. The van der Waals surface area contributed by atoms with E-state index in [0.717, 1.165) is 12.2 Å². The number of rotatable bonds is 0. The van der Waals surface area contributed by atoms with Gasteiger partial charge in [-0.15, -0.1) is 0 Å². The molecule has 1 fully saturated rings. The first-order valence-corrected chi connectivity index (χ1v) is 4.05. The van der Waals surface area contributed by atoms with E-state index in [2.05, 4.69) is 6.92 Å². The lowest BCUT2D eigenvalue weighted by Crippen LogP contribution is -2.19. The molecule has 1 heterocycles. The summed E-state index contributed by atoms with van der Waals surface area (Å²) in [5, 5.41) is 0. The first kappa shape index (κ1) is 6.23. The Bertz CT molecular complexity index is 103. The van der Waals surface area contributed by atoms with E-state index >= 15 is 0 Å². The fraction of sp³-hybridized carbons (Fsp3) is 1.00. The normalized spacial score (nSPS) is 39.6. The highest BCUT2D eigenvalue weighted by atomic mass is 32.2. The minimum atomic E-state index is -0.970. The van der Waals surface area contributed by atoms with Gasteiger partial charge in [0.25, 0.3) is 0 Å². The van der Waals surface area contributed by atoms with Crippen LogP contribution < -0.4 is 0 Å². The predicted molar refractivity (Wildman–Crippen MR) is 32.7 cm³/mol. The molecule has 0 amide bonds. The Morgan fingerprint density at radius 3 is 2.88 bits per heavy atom. The molecule has 48 valence electrons. The maximum Gasteiger partial charge on any atom is 0.155 e. The van der Waals surface area contributed by atoms with Crippen LogP contribution in [0.25, 0.3) is 0 Å². The summed E-state index contributed by atoms with van der Waals surface area (Å²) in [7, 11) is 0. The molecule has 8 heavy (non-hydrogen) atoms. The van der Waals surface area contributed by atoms with Gasteiger partial charge in [-0.3, -0.25) is 4.18 Å². The zero-order valence-corrected chi connectivity index (χ0v) is 5.74. The third-order valence-corrected chi connectivity index (χ3v) is 2.52. The Balaban J connectivity index is 2.34. The van der Waals surface area contributed by atoms with Crippen LogP contribution >= 0.6 is 0 Å². The van der Waals surface area contributed by atoms with Crippen LogP contribution in [0.4, 0.5) is 0 Å². The highest BCUT2D eigenvalue weighted by Gasteiger charge is 2.13. The van der Waals surface area contributed by atoms with Crippen molar-refractivity contribution in [1.29, 1.82) is 0 Å². The second kappa shape index (κ2) is 2.60. The van der Waals surface area contributed by atoms with Gasteiger partial charge in [-0.1, -0.05) is 6.92 Å². The summed E-state index contributed by atoms with van der Waals surface area (Å²) in [6.45, 7) is 2.77. The van der Waals surface area contributed by atoms with E-state index in [1.165, 1.54) is 0 Å². The molecule has 0 aromatic heterocycles. The summed E-state index contributed by atoms with van der Waals surface area (Å²) in [6, 6.07) is 0. The van der Waals surface area contributed by atoms with Crippen LogP contribution in [0.1, 0.15) is 13.3 Å². The van der Waals surface area contributed by atoms with Crippen molar-refractivity contribution in [2.45, 2.75) is 13.3 Å². The van der Waals surface area contributed by atoms with E-state index in [0.29, 0.717) is 12.5 Å². The third kappa shape index (κ3) is 1.56. The Kier molecular flexibility index (Phi) is 2.02. The molecule has 1 rings (SSSR count). The molecule has 2 nitrogen and oxygen atoms in total. The van der Waals surface area contributed by atoms with Gasteiger partial charge in [0.15, 0.2) is 11.1 Å². The number of hydrogen-bond donors (Lipinski definition) is 0. The lowest BCUT2D eigenvalue weighted by molar-refractivity contribution is 0.289. The molecule has 0 aromatic carbocycles. The van der Waals surface area contributed by atoms with Crippen LogP contribution in [0.2, 0.25) is 0 Å². The Labute approximate surface area is 51.9 Å². The van der Waals surface area contributed by atoms with Gasteiger partial charge in [0.1, 0.15) is 0 Å². The topological polar surface area (TPSA) is 26.3 Å². The monoisotopic (exact) mass is 134 g/mol. The van der Waals surface area contributed by atoms with E-state index in [1.807, 2.05) is 0 Å². The lowest BCUT2D eigenvalue weighted by Gasteiger charge is -2.15. The standard InChI is InChI=1S/C5H10O2S/c1-5-2-3-7-8(6)4-5/h5H,2-4H2,1H3/t5-,8?/m0/s1. The molecule has 0 spiro atoms. The van der Waals surface area contributed by atoms with Gasteiger partial charge in [-0.05, 0) is 12.3 Å². The fourth-order valence-corrected chi connectivity index (χ4v) is 1.72. The van der Waals surface area contributed by atoms with Crippen molar-refractivity contribution >= 4 is 11.1 Å². The Hall–Kier alpha value is 0.110. The van der Waals surface area contributed by atoms with E-state index < -0.39 is 11.1 Å². The average molecular weight is 134 g/mol. The molecule has 0 aromatic rings. The maximum atomic E-state index is 10.6. The van der Waals surface area contributed by atoms with Crippen molar-refractivity contribution in [3.8, 4) is 0 Å². The summed E-state index contributed by atoms with van der Waals surface area (Å²) in [4.78, 5) is 0. The Morgan fingerprint density at radius 1 is 1.75 bits per heavy atom. The fourth-order valence-electron chi connectivity index (χ4n) is 0.706. The molecular formula is C5H10O2S. The van der Waals surface area contributed by atoms with Gasteiger partial charge in [0.2, 0.25) is 0 Å². The lowest BCUT2D eigenvalue weighted by atomic mass is 10.1. The molecule has 1 saturated heterocycles. The summed E-state index contributed by atoms with van der Waals surface area (Å²) in [6.07, 6.45) is 1.06. The summed E-state index contributed by atoms with van der Waals surface area (Å²) in [5.41, 5.74) is 0. The summed E-state index contributed by atoms with van der Waals surface area (Å²) < 4.78 is 15.4. The zero-order chi connectivity index (χ0) is 5.98. The van der Waals surface area contributed by atoms with Crippen LogP contribution in [0.5, 0.6) is 0 Å². The van der Waals surface area contributed by atoms with Gasteiger partial charge in [0, 0.05) is 0 Å². The molecule has 0 N–H and O–H groups in total. The van der Waals surface area contributed by atoms with Crippen LogP contribution in [0.15, 0.2) is 0 Å². The molecule has 1 aliphatic rings. The van der Waals surface area contributed by atoms with Crippen LogP contribution in [-0.2, 0) is 15.3 Å². The second-order valence-corrected chi connectivity index (χ2v) is 3.36. The minimum Gasteiger partial charge on any atom is -0.291 e. The van der Waals surface area contributed by atoms with Crippen molar-refractivity contribution in [2.24, 2.45) is 5.92 Å². The molecular weight excluding hydrogens is 124 g/mol. The smallest absolute Gasteiger partial charge is 0.155 e. The van der Waals surface area contributed by atoms with Crippen molar-refractivity contribution in [1.82, 2.24) is 0 Å². The molecule has 1 aliphatic heterocycles.